The highest BCUT2D eigenvalue weighted by Gasteiger charge is 2.04. The van der Waals surface area contributed by atoms with Crippen LogP contribution in [0.2, 0.25) is 5.02 Å². The van der Waals surface area contributed by atoms with Crippen LogP contribution in [0.1, 0.15) is 11.1 Å². The van der Waals surface area contributed by atoms with Gasteiger partial charge >= 0.3 is 0 Å². The molecule has 18 heavy (non-hydrogen) atoms. The third kappa shape index (κ3) is 3.14. The van der Waals surface area contributed by atoms with E-state index in [4.69, 9.17) is 11.6 Å². The van der Waals surface area contributed by atoms with E-state index in [1.165, 1.54) is 24.4 Å². The predicted molar refractivity (Wildman–Crippen MR) is 69.1 cm³/mol. The fraction of sp³-hybridized carbons (Fsp3) is 0.0714. The van der Waals surface area contributed by atoms with Crippen LogP contribution in [0.5, 0.6) is 0 Å². The molecule has 0 heterocycles. The van der Waals surface area contributed by atoms with Crippen molar-refractivity contribution in [1.82, 2.24) is 0 Å². The van der Waals surface area contributed by atoms with E-state index in [0.29, 0.717) is 11.6 Å². The second kappa shape index (κ2) is 5.74. The van der Waals surface area contributed by atoms with E-state index in [0.717, 1.165) is 5.56 Å². The molecular formula is C14H10ClF2N. The molecule has 2 aromatic carbocycles. The van der Waals surface area contributed by atoms with Crippen LogP contribution >= 0.6 is 11.6 Å². The average Bonchev–Trinajstić information content (AvgIpc) is 2.35. The fourth-order valence-electron chi connectivity index (χ4n) is 1.47. The first-order chi connectivity index (χ1) is 8.66. The molecule has 0 aliphatic carbocycles. The normalized spacial score (nSPS) is 11.1. The van der Waals surface area contributed by atoms with Gasteiger partial charge in [0.15, 0.2) is 0 Å². The third-order valence-corrected chi connectivity index (χ3v) is 2.66. The van der Waals surface area contributed by atoms with Crippen molar-refractivity contribution >= 4 is 17.8 Å². The Morgan fingerprint density at radius 1 is 1.00 bits per heavy atom. The molecule has 1 nitrogen and oxygen atoms in total. The van der Waals surface area contributed by atoms with E-state index in [1.807, 2.05) is 12.1 Å². The fourth-order valence-corrected chi connectivity index (χ4v) is 1.59. The molecular weight excluding hydrogens is 256 g/mol. The van der Waals surface area contributed by atoms with Gasteiger partial charge in [0.2, 0.25) is 0 Å². The van der Waals surface area contributed by atoms with Crippen molar-refractivity contribution in [3.05, 3.63) is 70.2 Å². The van der Waals surface area contributed by atoms with Gasteiger partial charge in [-0.2, -0.15) is 0 Å². The Kier molecular flexibility index (Phi) is 4.05. The molecule has 0 bridgehead atoms. The Morgan fingerprint density at radius 2 is 1.61 bits per heavy atom. The van der Waals surface area contributed by atoms with Crippen LogP contribution in [0.3, 0.4) is 0 Å². The van der Waals surface area contributed by atoms with Crippen LogP contribution in [0, 0.1) is 11.6 Å². The molecule has 0 radical (unpaired) electrons. The summed E-state index contributed by atoms with van der Waals surface area (Å²) in [6.07, 6.45) is 1.21. The molecule has 0 unspecified atom stereocenters. The van der Waals surface area contributed by atoms with Crippen LogP contribution in [-0.4, -0.2) is 6.21 Å². The summed E-state index contributed by atoms with van der Waals surface area (Å²) >= 11 is 5.75. The van der Waals surface area contributed by atoms with Gasteiger partial charge in [-0.15, -0.1) is 0 Å². The minimum atomic E-state index is -0.616. The van der Waals surface area contributed by atoms with Crippen molar-refractivity contribution in [3.63, 3.8) is 0 Å². The molecule has 0 spiro atoms. The summed E-state index contributed by atoms with van der Waals surface area (Å²) in [5.41, 5.74) is 0.805. The van der Waals surface area contributed by atoms with Gasteiger partial charge in [-0.05, 0) is 29.8 Å². The van der Waals surface area contributed by atoms with E-state index in [-0.39, 0.29) is 5.56 Å². The Balaban J connectivity index is 2.10. The van der Waals surface area contributed by atoms with Crippen LogP contribution in [0.25, 0.3) is 0 Å². The van der Waals surface area contributed by atoms with Crippen molar-refractivity contribution in [2.45, 2.75) is 6.54 Å². The molecule has 0 atom stereocenters. The van der Waals surface area contributed by atoms with E-state index in [1.54, 1.807) is 12.1 Å². The van der Waals surface area contributed by atoms with Gasteiger partial charge in [0.1, 0.15) is 11.6 Å². The summed E-state index contributed by atoms with van der Waals surface area (Å²) in [5, 5.41) is 0.642. The summed E-state index contributed by atoms with van der Waals surface area (Å²) in [5.74, 6) is -1.23. The highest BCUT2D eigenvalue weighted by molar-refractivity contribution is 6.30. The lowest BCUT2D eigenvalue weighted by molar-refractivity contribution is 0.580. The summed E-state index contributed by atoms with van der Waals surface area (Å²) in [7, 11) is 0. The van der Waals surface area contributed by atoms with Crippen molar-refractivity contribution in [1.29, 1.82) is 0 Å². The minimum absolute atomic E-state index is 0.119. The predicted octanol–water partition coefficient (Wildman–Crippen LogP) is 4.24. The first-order valence-electron chi connectivity index (χ1n) is 5.35. The lowest BCUT2D eigenvalue weighted by atomic mass is 10.2. The van der Waals surface area contributed by atoms with Crippen LogP contribution in [-0.2, 0) is 6.54 Å². The van der Waals surface area contributed by atoms with Gasteiger partial charge in [-0.3, -0.25) is 4.99 Å². The second-order valence-electron chi connectivity index (χ2n) is 3.73. The average molecular weight is 266 g/mol. The molecule has 2 rings (SSSR count). The topological polar surface area (TPSA) is 12.4 Å². The van der Waals surface area contributed by atoms with E-state index < -0.39 is 11.6 Å². The summed E-state index contributed by atoms with van der Waals surface area (Å²) in [6.45, 7) is 0.352. The second-order valence-corrected chi connectivity index (χ2v) is 4.17. The smallest absolute Gasteiger partial charge is 0.134 e. The molecule has 0 aliphatic heterocycles. The van der Waals surface area contributed by atoms with Crippen LogP contribution < -0.4 is 0 Å². The highest BCUT2D eigenvalue weighted by atomic mass is 35.5. The highest BCUT2D eigenvalue weighted by Crippen LogP contribution is 2.12. The zero-order valence-electron chi connectivity index (χ0n) is 9.41. The van der Waals surface area contributed by atoms with Gasteiger partial charge < -0.3 is 0 Å². The van der Waals surface area contributed by atoms with Gasteiger partial charge in [0.25, 0.3) is 0 Å². The van der Waals surface area contributed by atoms with Gasteiger partial charge in [-0.25, -0.2) is 8.78 Å². The maximum atomic E-state index is 13.3. The number of hydrogen-bond donors (Lipinski definition) is 0. The van der Waals surface area contributed by atoms with Crippen LogP contribution in [0.15, 0.2) is 47.5 Å². The lowest BCUT2D eigenvalue weighted by Crippen LogP contribution is -1.93. The zero-order valence-corrected chi connectivity index (χ0v) is 10.2. The van der Waals surface area contributed by atoms with Crippen molar-refractivity contribution < 1.29 is 8.78 Å². The van der Waals surface area contributed by atoms with Gasteiger partial charge in [-0.1, -0.05) is 29.8 Å². The molecule has 0 aromatic heterocycles. The molecule has 0 N–H and O–H groups in total. The number of hydrogen-bond acceptors (Lipinski definition) is 1. The Hall–Kier alpha value is -1.74. The quantitative estimate of drug-likeness (QED) is 0.736. The number of benzene rings is 2. The molecule has 0 aliphatic rings. The zero-order chi connectivity index (χ0) is 13.0. The third-order valence-electron chi connectivity index (χ3n) is 2.41. The van der Waals surface area contributed by atoms with Crippen molar-refractivity contribution in [2.24, 2.45) is 4.99 Å². The molecule has 0 saturated carbocycles. The molecule has 0 fully saturated rings. The Bertz CT molecular complexity index is 544. The number of halogens is 3. The SMILES string of the molecule is Fc1cccc(F)c1C=NCc1ccc(Cl)cc1. The summed E-state index contributed by atoms with van der Waals surface area (Å²) < 4.78 is 26.6. The van der Waals surface area contributed by atoms with Crippen molar-refractivity contribution in [3.8, 4) is 0 Å². The molecule has 0 amide bonds. The first-order valence-corrected chi connectivity index (χ1v) is 5.73. The lowest BCUT2D eigenvalue weighted by Gasteiger charge is -1.99. The molecule has 0 saturated heterocycles. The monoisotopic (exact) mass is 265 g/mol. The van der Waals surface area contributed by atoms with Crippen molar-refractivity contribution in [2.75, 3.05) is 0 Å². The van der Waals surface area contributed by atoms with Gasteiger partial charge in [0.05, 0.1) is 12.1 Å². The standard InChI is InChI=1S/C14H10ClF2N/c15-11-6-4-10(5-7-11)8-18-9-12-13(16)2-1-3-14(12)17/h1-7,9H,8H2. The molecule has 4 heteroatoms. The number of aliphatic imine (C=N–C) groups is 1. The van der Waals surface area contributed by atoms with E-state index in [2.05, 4.69) is 4.99 Å². The largest absolute Gasteiger partial charge is 0.288 e. The maximum absolute atomic E-state index is 13.3. The van der Waals surface area contributed by atoms with Gasteiger partial charge in [0, 0.05) is 11.2 Å². The summed E-state index contributed by atoms with van der Waals surface area (Å²) in [4.78, 5) is 4.02. The summed E-state index contributed by atoms with van der Waals surface area (Å²) in [6, 6.07) is 10.8. The van der Waals surface area contributed by atoms with E-state index in [9.17, 15) is 8.78 Å². The molecule has 2 aromatic rings. The Morgan fingerprint density at radius 3 is 2.22 bits per heavy atom. The first kappa shape index (κ1) is 12.7. The number of nitrogens with zero attached hydrogens (tertiary/aromatic N) is 1. The molecule has 92 valence electrons. The number of rotatable bonds is 3. The van der Waals surface area contributed by atoms with E-state index >= 15 is 0 Å². The van der Waals surface area contributed by atoms with Crippen LogP contribution in [0.4, 0.5) is 8.78 Å². The Labute approximate surface area is 109 Å². The minimum Gasteiger partial charge on any atom is -0.288 e. The maximum Gasteiger partial charge on any atom is 0.134 e.